The van der Waals surface area contributed by atoms with Gasteiger partial charge in [-0.25, -0.2) is 0 Å². The summed E-state index contributed by atoms with van der Waals surface area (Å²) in [6.07, 6.45) is 0. The third kappa shape index (κ3) is 5.24. The van der Waals surface area contributed by atoms with Gasteiger partial charge in [-0.3, -0.25) is 4.79 Å². The van der Waals surface area contributed by atoms with E-state index in [0.29, 0.717) is 16.7 Å². The second-order valence-corrected chi connectivity index (χ2v) is 7.68. The molecule has 0 unspecified atom stereocenters. The highest BCUT2D eigenvalue weighted by Crippen LogP contribution is 2.23. The van der Waals surface area contributed by atoms with Gasteiger partial charge in [-0.2, -0.15) is 0 Å². The molecule has 1 amide bonds. The molecule has 0 radical (unpaired) electrons. The summed E-state index contributed by atoms with van der Waals surface area (Å²) in [6, 6.07) is 16.9. The van der Waals surface area contributed by atoms with Crippen LogP contribution >= 0.6 is 23.4 Å². The van der Waals surface area contributed by atoms with Crippen LogP contribution < -0.4 is 10.6 Å². The van der Waals surface area contributed by atoms with Crippen molar-refractivity contribution in [3.8, 4) is 0 Å². The Morgan fingerprint density at radius 2 is 1.81 bits per heavy atom. The zero-order valence-corrected chi connectivity index (χ0v) is 16.6. The van der Waals surface area contributed by atoms with Gasteiger partial charge in [0.15, 0.2) is 11.0 Å². The number of carbonyl (C=O) groups is 1. The zero-order valence-electron chi connectivity index (χ0n) is 15.0. The summed E-state index contributed by atoms with van der Waals surface area (Å²) in [4.78, 5) is 12.4. The average molecular weight is 402 g/mol. The third-order valence-corrected chi connectivity index (χ3v) is 5.30. The van der Waals surface area contributed by atoms with E-state index < -0.39 is 0 Å². The topological polar surface area (TPSA) is 71.8 Å². The smallest absolute Gasteiger partial charge is 0.237 e. The highest BCUT2D eigenvalue weighted by atomic mass is 35.5. The molecule has 1 aromatic heterocycles. The Bertz CT molecular complexity index is 898. The molecule has 0 aliphatic carbocycles. The van der Waals surface area contributed by atoms with Crippen molar-refractivity contribution in [2.45, 2.75) is 23.9 Å². The zero-order chi connectivity index (χ0) is 19.2. The third-order valence-electron chi connectivity index (χ3n) is 3.91. The maximum absolute atomic E-state index is 12.4. The van der Waals surface area contributed by atoms with Crippen LogP contribution in [0.25, 0.3) is 0 Å². The lowest BCUT2D eigenvalue weighted by Gasteiger charge is -2.12. The molecule has 6 nitrogen and oxygen atoms in total. The Morgan fingerprint density at radius 3 is 2.52 bits per heavy atom. The van der Waals surface area contributed by atoms with Crippen LogP contribution in [-0.4, -0.2) is 25.9 Å². The fraction of sp³-hybridized carbons (Fsp3) is 0.211. The number of aromatic nitrogens is 3. The van der Waals surface area contributed by atoms with Crippen molar-refractivity contribution < 1.29 is 4.79 Å². The average Bonchev–Trinajstić information content (AvgIpc) is 3.02. The predicted octanol–water partition coefficient (Wildman–Crippen LogP) is 4.20. The minimum atomic E-state index is -0.301. The molecule has 3 aromatic rings. The van der Waals surface area contributed by atoms with Crippen molar-refractivity contribution in [2.24, 2.45) is 7.05 Å². The van der Waals surface area contributed by atoms with E-state index in [-0.39, 0.29) is 11.2 Å². The Hall–Kier alpha value is -2.51. The Balaban J connectivity index is 1.57. The first-order chi connectivity index (χ1) is 13.0. The summed E-state index contributed by atoms with van der Waals surface area (Å²) in [5.74, 6) is 0.707. The number of thioether (sulfide) groups is 1. The second-order valence-electron chi connectivity index (χ2n) is 5.93. The molecule has 1 heterocycles. The molecule has 0 aliphatic rings. The van der Waals surface area contributed by atoms with Crippen molar-refractivity contribution in [3.63, 3.8) is 0 Å². The molecule has 0 aliphatic heterocycles. The number of carbonyl (C=O) groups excluding carboxylic acids is 1. The molecule has 3 rings (SSSR count). The Morgan fingerprint density at radius 1 is 1.11 bits per heavy atom. The number of nitrogens with zero attached hydrogens (tertiary/aromatic N) is 3. The fourth-order valence-electron chi connectivity index (χ4n) is 2.33. The predicted molar refractivity (Wildman–Crippen MR) is 110 cm³/mol. The molecule has 140 valence electrons. The number of anilines is 2. The highest BCUT2D eigenvalue weighted by Gasteiger charge is 2.19. The van der Waals surface area contributed by atoms with Crippen molar-refractivity contribution in [3.05, 3.63) is 65.4 Å². The van der Waals surface area contributed by atoms with Gasteiger partial charge in [0.05, 0.1) is 11.8 Å². The number of hydrogen-bond acceptors (Lipinski definition) is 5. The van der Waals surface area contributed by atoms with Gasteiger partial charge in [0.2, 0.25) is 5.91 Å². The van der Waals surface area contributed by atoms with E-state index in [2.05, 4.69) is 20.8 Å². The summed E-state index contributed by atoms with van der Waals surface area (Å²) in [6.45, 7) is 2.37. The van der Waals surface area contributed by atoms with E-state index in [0.717, 1.165) is 17.2 Å². The largest absolute Gasteiger partial charge is 0.378 e. The monoisotopic (exact) mass is 401 g/mol. The summed E-state index contributed by atoms with van der Waals surface area (Å²) in [5, 5.41) is 15.7. The van der Waals surface area contributed by atoms with Gasteiger partial charge in [0.1, 0.15) is 0 Å². The number of nitrogens with one attached hydrogen (secondary N) is 2. The van der Waals surface area contributed by atoms with Gasteiger partial charge in [-0.05, 0) is 43.3 Å². The normalized spacial score (nSPS) is 11.8. The van der Waals surface area contributed by atoms with Crippen LogP contribution in [0, 0.1) is 0 Å². The number of halogens is 1. The fourth-order valence-corrected chi connectivity index (χ4v) is 3.29. The van der Waals surface area contributed by atoms with Crippen molar-refractivity contribution in [1.82, 2.24) is 14.8 Å². The lowest BCUT2D eigenvalue weighted by Crippen LogP contribution is -2.22. The molecular weight excluding hydrogens is 382 g/mol. The van der Waals surface area contributed by atoms with Crippen molar-refractivity contribution in [2.75, 3.05) is 10.6 Å². The maximum Gasteiger partial charge on any atom is 0.237 e. The number of benzene rings is 2. The summed E-state index contributed by atoms with van der Waals surface area (Å²) < 4.78 is 1.89. The molecule has 2 aromatic carbocycles. The van der Waals surface area contributed by atoms with Crippen molar-refractivity contribution >= 4 is 40.6 Å². The molecule has 0 saturated carbocycles. The van der Waals surface area contributed by atoms with E-state index in [4.69, 9.17) is 11.6 Å². The number of hydrogen-bond donors (Lipinski definition) is 2. The first-order valence-corrected chi connectivity index (χ1v) is 9.69. The van der Waals surface area contributed by atoms with Crippen LogP contribution in [0.2, 0.25) is 5.02 Å². The molecule has 2 N–H and O–H groups in total. The van der Waals surface area contributed by atoms with Gasteiger partial charge < -0.3 is 15.2 Å². The van der Waals surface area contributed by atoms with Gasteiger partial charge in [0.25, 0.3) is 0 Å². The molecule has 27 heavy (non-hydrogen) atoms. The van der Waals surface area contributed by atoms with E-state index >= 15 is 0 Å². The van der Waals surface area contributed by atoms with Gasteiger partial charge in [-0.15, -0.1) is 10.2 Å². The van der Waals surface area contributed by atoms with Crippen LogP contribution in [0.15, 0.2) is 59.8 Å². The first-order valence-electron chi connectivity index (χ1n) is 8.43. The Labute approximate surface area is 167 Å². The molecule has 0 spiro atoms. The number of amides is 1. The quantitative estimate of drug-likeness (QED) is 0.580. The summed E-state index contributed by atoms with van der Waals surface area (Å²) >= 11 is 7.27. The van der Waals surface area contributed by atoms with E-state index in [1.807, 2.05) is 73.1 Å². The minimum absolute atomic E-state index is 0.0740. The molecule has 0 fully saturated rings. The van der Waals surface area contributed by atoms with Gasteiger partial charge in [0, 0.05) is 23.4 Å². The van der Waals surface area contributed by atoms with Crippen LogP contribution in [0.1, 0.15) is 12.7 Å². The molecule has 8 heteroatoms. The van der Waals surface area contributed by atoms with Gasteiger partial charge in [-0.1, -0.05) is 41.6 Å². The highest BCUT2D eigenvalue weighted by molar-refractivity contribution is 8.00. The molecule has 0 bridgehead atoms. The maximum atomic E-state index is 12.4. The second kappa shape index (κ2) is 8.92. The van der Waals surface area contributed by atoms with E-state index in [1.165, 1.54) is 11.8 Å². The first kappa shape index (κ1) is 19.3. The van der Waals surface area contributed by atoms with Crippen molar-refractivity contribution in [1.29, 1.82) is 0 Å². The van der Waals surface area contributed by atoms with Crippen LogP contribution in [-0.2, 0) is 18.4 Å². The SMILES string of the molecule is C[C@@H](Sc1nnc(CNc2ccc(Cl)cc2)n1C)C(=O)Nc1ccccc1. The van der Waals surface area contributed by atoms with Crippen LogP contribution in [0.3, 0.4) is 0 Å². The lowest BCUT2D eigenvalue weighted by molar-refractivity contribution is -0.115. The van der Waals surface area contributed by atoms with Crippen LogP contribution in [0.5, 0.6) is 0 Å². The number of para-hydroxylation sites is 1. The molecule has 1 atom stereocenters. The summed E-state index contributed by atoms with van der Waals surface area (Å²) in [7, 11) is 1.89. The summed E-state index contributed by atoms with van der Waals surface area (Å²) in [5.41, 5.74) is 1.73. The Kier molecular flexibility index (Phi) is 6.36. The number of rotatable bonds is 7. The van der Waals surface area contributed by atoms with Crippen LogP contribution in [0.4, 0.5) is 11.4 Å². The standard InChI is InChI=1S/C19H20ClN5OS/c1-13(18(26)22-16-6-4-3-5-7-16)27-19-24-23-17(25(19)2)12-21-15-10-8-14(20)9-11-15/h3-11,13,21H,12H2,1-2H3,(H,22,26)/t13-/m1/s1. The molecular formula is C19H20ClN5OS. The minimum Gasteiger partial charge on any atom is -0.378 e. The lowest BCUT2D eigenvalue weighted by atomic mass is 10.3. The molecule has 0 saturated heterocycles. The van der Waals surface area contributed by atoms with E-state index in [1.54, 1.807) is 0 Å². The van der Waals surface area contributed by atoms with Gasteiger partial charge >= 0.3 is 0 Å². The van der Waals surface area contributed by atoms with E-state index in [9.17, 15) is 4.79 Å².